The van der Waals surface area contributed by atoms with Crippen LogP contribution in [0.4, 0.5) is 11.8 Å². The highest BCUT2D eigenvalue weighted by molar-refractivity contribution is 5.89. The third-order valence-corrected chi connectivity index (χ3v) is 6.10. The average Bonchev–Trinajstić information content (AvgIpc) is 3.62. The van der Waals surface area contributed by atoms with Gasteiger partial charge in [0.05, 0.1) is 31.6 Å². The Morgan fingerprint density at radius 2 is 2.09 bits per heavy atom. The van der Waals surface area contributed by atoms with Crippen LogP contribution in [0.25, 0.3) is 16.9 Å². The molecule has 13 heteroatoms. The van der Waals surface area contributed by atoms with Crippen molar-refractivity contribution in [2.75, 3.05) is 56.2 Å². The molecular weight excluding hydrogens is 452 g/mol. The molecule has 0 spiro atoms. The molecule has 2 amide bonds. The van der Waals surface area contributed by atoms with Crippen LogP contribution in [-0.4, -0.2) is 98.0 Å². The van der Waals surface area contributed by atoms with Gasteiger partial charge in [-0.3, -0.25) is 18.8 Å². The third kappa shape index (κ3) is 4.80. The maximum absolute atomic E-state index is 12.7. The zero-order valence-electron chi connectivity index (χ0n) is 19.6. The summed E-state index contributed by atoms with van der Waals surface area (Å²) in [4.78, 5) is 42.2. The van der Waals surface area contributed by atoms with Crippen molar-refractivity contribution in [3.05, 3.63) is 31.4 Å². The van der Waals surface area contributed by atoms with Gasteiger partial charge in [-0.25, -0.2) is 4.98 Å². The van der Waals surface area contributed by atoms with Gasteiger partial charge >= 0.3 is 0 Å². The number of likely N-dealkylation sites (tertiary alicyclic amines) is 1. The van der Waals surface area contributed by atoms with Gasteiger partial charge in [0.25, 0.3) is 0 Å². The van der Waals surface area contributed by atoms with Gasteiger partial charge in [0.1, 0.15) is 6.33 Å². The predicted molar refractivity (Wildman–Crippen MR) is 128 cm³/mol. The first-order chi connectivity index (χ1) is 17.0. The van der Waals surface area contributed by atoms with Crippen LogP contribution >= 0.6 is 0 Å². The minimum Gasteiger partial charge on any atom is -0.378 e. The minimum absolute atomic E-state index is 0.0142. The lowest BCUT2D eigenvalue weighted by Gasteiger charge is -2.27. The van der Waals surface area contributed by atoms with Crippen LogP contribution in [0.3, 0.4) is 0 Å². The van der Waals surface area contributed by atoms with Crippen LogP contribution in [0.2, 0.25) is 0 Å². The fourth-order valence-corrected chi connectivity index (χ4v) is 4.29. The Bertz CT molecular complexity index is 1250. The van der Waals surface area contributed by atoms with E-state index < -0.39 is 0 Å². The summed E-state index contributed by atoms with van der Waals surface area (Å²) in [6.07, 6.45) is 7.29. The Labute approximate surface area is 201 Å². The number of aromatic nitrogens is 6. The van der Waals surface area contributed by atoms with Gasteiger partial charge in [-0.2, -0.15) is 15.1 Å². The number of aryl methyl sites for hydroxylation is 1. The Morgan fingerprint density at radius 1 is 1.26 bits per heavy atom. The Morgan fingerprint density at radius 3 is 2.83 bits per heavy atom. The van der Waals surface area contributed by atoms with Gasteiger partial charge < -0.3 is 25.2 Å². The van der Waals surface area contributed by atoms with Crippen LogP contribution in [-0.2, 0) is 21.4 Å². The Balaban J connectivity index is 1.35. The van der Waals surface area contributed by atoms with E-state index in [0.717, 1.165) is 5.69 Å². The van der Waals surface area contributed by atoms with E-state index >= 15 is 0 Å². The molecule has 0 radical (unpaired) electrons. The van der Waals surface area contributed by atoms with E-state index in [1.54, 1.807) is 22.1 Å². The second-order valence-corrected chi connectivity index (χ2v) is 8.53. The summed E-state index contributed by atoms with van der Waals surface area (Å²) in [5.41, 5.74) is 2.00. The number of rotatable bonds is 7. The summed E-state index contributed by atoms with van der Waals surface area (Å²) < 4.78 is 9.03. The molecule has 2 fully saturated rings. The number of amides is 2. The minimum atomic E-state index is -0.186. The molecule has 184 valence electrons. The first kappa shape index (κ1) is 22.8. The Hall–Kier alpha value is -4.00. The molecule has 1 atom stereocenters. The summed E-state index contributed by atoms with van der Waals surface area (Å²) in [5.74, 6) is 0.713. The molecule has 0 aliphatic carbocycles. The highest BCUT2D eigenvalue weighted by Gasteiger charge is 2.26. The smallest absolute Gasteiger partial charge is 0.246 e. The topological polar surface area (TPSA) is 135 Å². The number of ether oxygens (including phenoxy) is 1. The highest BCUT2D eigenvalue weighted by Crippen LogP contribution is 2.25. The zero-order chi connectivity index (χ0) is 24.4. The van der Waals surface area contributed by atoms with Gasteiger partial charge in [-0.05, 0) is 12.5 Å². The second-order valence-electron chi connectivity index (χ2n) is 8.53. The molecule has 0 saturated carbocycles. The fourth-order valence-electron chi connectivity index (χ4n) is 4.29. The number of hydrogen-bond donors (Lipinski definition) is 2. The molecule has 0 bridgehead atoms. The fraction of sp³-hybridized carbons (Fsp3) is 0.455. The van der Waals surface area contributed by atoms with Crippen LogP contribution in [0.15, 0.2) is 31.4 Å². The van der Waals surface area contributed by atoms with E-state index in [2.05, 4.69) is 32.2 Å². The number of carbonyl (C=O) groups is 2. The molecule has 3 aromatic rings. The van der Waals surface area contributed by atoms with Gasteiger partial charge in [0, 0.05) is 45.5 Å². The summed E-state index contributed by atoms with van der Waals surface area (Å²) in [6.45, 7) is 7.16. The maximum Gasteiger partial charge on any atom is 0.246 e. The predicted octanol–water partition coefficient (Wildman–Crippen LogP) is -0.299. The monoisotopic (exact) mass is 480 g/mol. The van der Waals surface area contributed by atoms with Crippen LogP contribution in [0.1, 0.15) is 6.42 Å². The molecule has 2 N–H and O–H groups in total. The van der Waals surface area contributed by atoms with Gasteiger partial charge in [0.2, 0.25) is 17.8 Å². The number of nitrogens with zero attached hydrogens (tertiary/aromatic N) is 8. The van der Waals surface area contributed by atoms with E-state index in [1.165, 1.54) is 6.08 Å². The van der Waals surface area contributed by atoms with E-state index in [4.69, 9.17) is 14.7 Å². The third-order valence-electron chi connectivity index (χ3n) is 6.10. The first-order valence-electron chi connectivity index (χ1n) is 11.5. The summed E-state index contributed by atoms with van der Waals surface area (Å²) in [5, 5.41) is 10.4. The first-order valence-corrected chi connectivity index (χ1v) is 11.5. The van der Waals surface area contributed by atoms with Crippen molar-refractivity contribution >= 4 is 34.7 Å². The van der Waals surface area contributed by atoms with Gasteiger partial charge in [0.15, 0.2) is 17.0 Å². The van der Waals surface area contributed by atoms with E-state index in [0.29, 0.717) is 68.7 Å². The number of imidazole rings is 1. The maximum atomic E-state index is 12.7. The van der Waals surface area contributed by atoms with Crippen molar-refractivity contribution in [2.45, 2.75) is 12.5 Å². The summed E-state index contributed by atoms with van der Waals surface area (Å²) >= 11 is 0. The Kier molecular flexibility index (Phi) is 6.31. The van der Waals surface area contributed by atoms with Crippen LogP contribution < -0.4 is 15.5 Å². The quantitative estimate of drug-likeness (QED) is 0.437. The lowest BCUT2D eigenvalue weighted by atomic mass is 10.2. The zero-order valence-corrected chi connectivity index (χ0v) is 19.6. The molecule has 2 saturated heterocycles. The van der Waals surface area contributed by atoms with Gasteiger partial charge in [-0.1, -0.05) is 6.58 Å². The van der Waals surface area contributed by atoms with Crippen molar-refractivity contribution in [2.24, 2.45) is 7.05 Å². The van der Waals surface area contributed by atoms with Crippen LogP contribution in [0, 0.1) is 0 Å². The molecule has 35 heavy (non-hydrogen) atoms. The molecule has 5 rings (SSSR count). The number of anilines is 2. The van der Waals surface area contributed by atoms with E-state index in [1.807, 2.05) is 17.8 Å². The molecule has 3 aromatic heterocycles. The molecule has 5 heterocycles. The van der Waals surface area contributed by atoms with Crippen molar-refractivity contribution in [1.82, 2.24) is 39.5 Å². The van der Waals surface area contributed by atoms with Crippen molar-refractivity contribution in [3.63, 3.8) is 0 Å². The standard InChI is InChI=1S/C22H28N10O3/c1-3-18(34)31-5-4-15(12-31)26-17(33)11-23-20-19-21(28-22(27-20)30-6-8-35-9-7-30)32(14-24-19)16-10-25-29(2)13-16/h3,10,13-15H,1,4-9,11-12H2,2H3,(H,26,33)(H,23,27,28)/t15-/m1/s1. The van der Waals surface area contributed by atoms with Crippen molar-refractivity contribution in [3.8, 4) is 5.69 Å². The number of fused-ring (bicyclic) bond motifs is 1. The van der Waals surface area contributed by atoms with E-state index in [-0.39, 0.29) is 24.4 Å². The molecule has 2 aliphatic heterocycles. The molecular formula is C22H28N10O3. The lowest BCUT2D eigenvalue weighted by Crippen LogP contribution is -2.41. The SMILES string of the molecule is C=CC(=O)N1CC[C@@H](NC(=O)CNc2nc(N3CCOCC3)nc3c2ncn3-c2cnn(C)c2)C1. The number of hydrogen-bond acceptors (Lipinski definition) is 9. The number of carbonyl (C=O) groups excluding carboxylic acids is 2. The molecule has 0 unspecified atom stereocenters. The van der Waals surface area contributed by atoms with E-state index in [9.17, 15) is 9.59 Å². The number of nitrogens with one attached hydrogen (secondary N) is 2. The lowest BCUT2D eigenvalue weighted by molar-refractivity contribution is -0.125. The van der Waals surface area contributed by atoms with Crippen molar-refractivity contribution < 1.29 is 14.3 Å². The molecule has 13 nitrogen and oxygen atoms in total. The number of morpholine rings is 1. The molecule has 0 aromatic carbocycles. The molecule has 2 aliphatic rings. The second kappa shape index (κ2) is 9.70. The van der Waals surface area contributed by atoms with Crippen LogP contribution in [0.5, 0.6) is 0 Å². The largest absolute Gasteiger partial charge is 0.378 e. The average molecular weight is 481 g/mol. The van der Waals surface area contributed by atoms with Crippen molar-refractivity contribution in [1.29, 1.82) is 0 Å². The van der Waals surface area contributed by atoms with Gasteiger partial charge in [-0.15, -0.1) is 0 Å². The highest BCUT2D eigenvalue weighted by atomic mass is 16.5. The summed E-state index contributed by atoms with van der Waals surface area (Å²) in [7, 11) is 1.85. The summed E-state index contributed by atoms with van der Waals surface area (Å²) in [6, 6.07) is -0.0904. The normalized spacial score (nSPS) is 18.1.